The number of nitrogens with two attached hydrogens (primary N) is 1. The fraction of sp³-hybridized carbons (Fsp3) is 0.111. The lowest BCUT2D eigenvalue weighted by atomic mass is 10.0. The third kappa shape index (κ3) is 3.77. The third-order valence-electron chi connectivity index (χ3n) is 4.20. The van der Waals surface area contributed by atoms with Crippen LogP contribution < -0.4 is 11.1 Å². The van der Waals surface area contributed by atoms with Crippen LogP contribution in [0.2, 0.25) is 0 Å². The van der Waals surface area contributed by atoms with Gasteiger partial charge in [0, 0.05) is 18.0 Å². The second kappa shape index (κ2) is 7.89. The van der Waals surface area contributed by atoms with Crippen molar-refractivity contribution in [1.29, 1.82) is 0 Å². The van der Waals surface area contributed by atoms with Gasteiger partial charge in [0.15, 0.2) is 5.69 Å². The monoisotopic (exact) mass is 427 g/mol. The molecule has 0 saturated carbocycles. The number of amides is 2. The summed E-state index contributed by atoms with van der Waals surface area (Å²) in [5, 5.41) is 5.23. The van der Waals surface area contributed by atoms with Crippen LogP contribution in [0.15, 0.2) is 46.7 Å². The van der Waals surface area contributed by atoms with E-state index in [0.717, 1.165) is 27.4 Å². The minimum absolute atomic E-state index is 0.0229. The van der Waals surface area contributed by atoms with E-state index in [1.807, 2.05) is 5.38 Å². The van der Waals surface area contributed by atoms with E-state index in [9.17, 15) is 14.4 Å². The van der Waals surface area contributed by atoms with Crippen LogP contribution in [0.25, 0.3) is 21.5 Å². The third-order valence-corrected chi connectivity index (χ3v) is 5.70. The number of furan rings is 1. The summed E-state index contributed by atoms with van der Waals surface area (Å²) in [6, 6.07) is 4.05. The molecule has 1 atom stereocenters. The van der Waals surface area contributed by atoms with E-state index in [4.69, 9.17) is 10.2 Å². The summed E-state index contributed by atoms with van der Waals surface area (Å²) >= 11 is 2.29. The van der Waals surface area contributed by atoms with Gasteiger partial charge in [0.2, 0.25) is 5.78 Å². The number of primary amides is 1. The van der Waals surface area contributed by atoms with Gasteiger partial charge in [-0.3, -0.25) is 19.4 Å². The van der Waals surface area contributed by atoms with Crippen molar-refractivity contribution >= 4 is 50.7 Å². The number of hydrogen-bond donors (Lipinski definition) is 2. The minimum Gasteiger partial charge on any atom is -0.470 e. The summed E-state index contributed by atoms with van der Waals surface area (Å²) in [5.41, 5.74) is 6.74. The molecule has 4 rings (SSSR count). The molecule has 29 heavy (non-hydrogen) atoms. The van der Waals surface area contributed by atoms with Crippen molar-refractivity contribution in [2.24, 2.45) is 5.73 Å². The number of aromatic nitrogens is 3. The highest BCUT2D eigenvalue weighted by Crippen LogP contribution is 2.28. The van der Waals surface area contributed by atoms with Gasteiger partial charge in [-0.25, -0.2) is 0 Å². The molecule has 0 aliphatic carbocycles. The fourth-order valence-electron chi connectivity index (χ4n) is 2.80. The van der Waals surface area contributed by atoms with Crippen LogP contribution in [0, 0.1) is 0 Å². The van der Waals surface area contributed by atoms with Crippen LogP contribution in [-0.4, -0.2) is 37.4 Å². The van der Waals surface area contributed by atoms with Gasteiger partial charge in [-0.15, -0.1) is 11.3 Å². The van der Waals surface area contributed by atoms with Crippen molar-refractivity contribution in [3.05, 3.63) is 53.6 Å². The molecule has 9 nitrogen and oxygen atoms in total. The quantitative estimate of drug-likeness (QED) is 0.428. The van der Waals surface area contributed by atoms with Crippen molar-refractivity contribution in [2.75, 3.05) is 0 Å². The largest absolute Gasteiger partial charge is 0.470 e. The van der Waals surface area contributed by atoms with Gasteiger partial charge in [-0.2, -0.15) is 8.75 Å². The first-order valence-electron chi connectivity index (χ1n) is 8.35. The Balaban J connectivity index is 1.61. The van der Waals surface area contributed by atoms with E-state index in [2.05, 4.69) is 19.0 Å². The summed E-state index contributed by atoms with van der Waals surface area (Å²) < 4.78 is 14.2. The lowest BCUT2D eigenvalue weighted by Gasteiger charge is -2.15. The number of pyridine rings is 1. The molecule has 0 radical (unpaired) electrons. The molecule has 0 saturated heterocycles. The zero-order valence-corrected chi connectivity index (χ0v) is 16.3. The molecule has 0 fully saturated rings. The fourth-order valence-corrected chi connectivity index (χ4v) is 4.27. The lowest BCUT2D eigenvalue weighted by Crippen LogP contribution is -2.47. The number of hydrogen-bond acceptors (Lipinski definition) is 9. The summed E-state index contributed by atoms with van der Waals surface area (Å²) in [5.74, 6) is -2.67. The average molecular weight is 427 g/mol. The Kier molecular flexibility index (Phi) is 5.14. The molecule has 11 heteroatoms. The molecule has 4 heterocycles. The van der Waals surface area contributed by atoms with Gasteiger partial charge in [-0.05, 0) is 23.1 Å². The predicted molar refractivity (Wildman–Crippen MR) is 106 cm³/mol. The lowest BCUT2D eigenvalue weighted by molar-refractivity contribution is -0.137. The maximum Gasteiger partial charge on any atom is 0.287 e. The number of Topliss-reactive ketones (excluding diaryl/α,β-unsaturated/α-hetero) is 1. The van der Waals surface area contributed by atoms with Crippen molar-refractivity contribution in [1.82, 2.24) is 19.0 Å². The zero-order valence-electron chi connectivity index (χ0n) is 14.7. The molecule has 0 aliphatic rings. The van der Waals surface area contributed by atoms with E-state index in [1.54, 1.807) is 36.9 Å². The maximum atomic E-state index is 12.8. The Bertz CT molecular complexity index is 1200. The molecule has 0 bridgehead atoms. The van der Waals surface area contributed by atoms with Crippen LogP contribution in [0.3, 0.4) is 0 Å². The smallest absolute Gasteiger partial charge is 0.287 e. The van der Waals surface area contributed by atoms with Crippen molar-refractivity contribution < 1.29 is 18.8 Å². The summed E-state index contributed by atoms with van der Waals surface area (Å²) in [7, 11) is 0. The first-order valence-corrected chi connectivity index (χ1v) is 9.96. The zero-order chi connectivity index (χ0) is 20.4. The number of carbonyl (C=O) groups is 3. The molecular formula is C18H13N5O4S2. The van der Waals surface area contributed by atoms with Gasteiger partial charge in [-0.1, -0.05) is 6.07 Å². The topological polar surface area (TPSA) is 141 Å². The predicted octanol–water partition coefficient (Wildman–Crippen LogP) is 1.80. The molecule has 0 aromatic carbocycles. The van der Waals surface area contributed by atoms with Gasteiger partial charge in [0.1, 0.15) is 18.0 Å². The van der Waals surface area contributed by atoms with Gasteiger partial charge < -0.3 is 15.5 Å². The molecule has 0 spiro atoms. The van der Waals surface area contributed by atoms with Crippen molar-refractivity contribution in [2.45, 2.75) is 12.5 Å². The Labute approximate surface area is 171 Å². The molecule has 0 aliphatic heterocycles. The summed E-state index contributed by atoms with van der Waals surface area (Å²) in [6.07, 6.45) is 4.80. The van der Waals surface area contributed by atoms with Crippen LogP contribution in [0.1, 0.15) is 16.1 Å². The van der Waals surface area contributed by atoms with E-state index < -0.39 is 23.6 Å². The highest BCUT2D eigenvalue weighted by molar-refractivity contribution is 7.17. The molecule has 1 unspecified atom stereocenters. The van der Waals surface area contributed by atoms with Crippen LogP contribution in [-0.2, 0) is 16.0 Å². The number of ketones is 1. The molecular weight excluding hydrogens is 414 g/mol. The SMILES string of the molecule is NC(=O)C(=O)C(Cc1csc2cocc12)NC(=O)c1nsnc1-c1ccccn1. The highest BCUT2D eigenvalue weighted by Gasteiger charge is 2.29. The number of fused-ring (bicyclic) bond motifs is 1. The van der Waals surface area contributed by atoms with E-state index in [-0.39, 0.29) is 12.1 Å². The molecule has 3 N–H and O–H groups in total. The number of nitrogens with zero attached hydrogens (tertiary/aromatic N) is 3. The van der Waals surface area contributed by atoms with Crippen LogP contribution in [0.4, 0.5) is 0 Å². The van der Waals surface area contributed by atoms with Crippen molar-refractivity contribution in [3.8, 4) is 11.4 Å². The second-order valence-corrected chi connectivity index (χ2v) is 7.49. The standard InChI is InChI=1S/C18H13N5O4S2/c19-17(25)16(24)12(5-9-8-28-13-7-27-6-10(9)13)21-18(26)15-14(22-29-23-15)11-3-1-2-4-20-11/h1-4,6-8,12H,5H2,(H2,19,25)(H,21,26). The van der Waals surface area contributed by atoms with Gasteiger partial charge in [0.25, 0.3) is 11.8 Å². The highest BCUT2D eigenvalue weighted by atomic mass is 32.1. The first-order chi connectivity index (χ1) is 14.0. The minimum atomic E-state index is -1.15. The number of carbonyl (C=O) groups excluding carboxylic acids is 3. The van der Waals surface area contributed by atoms with E-state index in [0.29, 0.717) is 11.4 Å². The van der Waals surface area contributed by atoms with Gasteiger partial charge >= 0.3 is 0 Å². The average Bonchev–Trinajstić information content (AvgIpc) is 3.45. The van der Waals surface area contributed by atoms with Crippen LogP contribution >= 0.6 is 23.1 Å². The Morgan fingerprint density at radius 2 is 2.07 bits per heavy atom. The summed E-state index contributed by atoms with van der Waals surface area (Å²) in [4.78, 5) is 40.9. The van der Waals surface area contributed by atoms with E-state index in [1.165, 1.54) is 11.3 Å². The Morgan fingerprint density at radius 3 is 2.83 bits per heavy atom. The Hall–Kier alpha value is -3.44. The van der Waals surface area contributed by atoms with Gasteiger partial charge in [0.05, 0.1) is 28.4 Å². The number of nitrogens with one attached hydrogen (secondary N) is 1. The molecule has 4 aromatic heterocycles. The summed E-state index contributed by atoms with van der Waals surface area (Å²) in [6.45, 7) is 0. The van der Waals surface area contributed by atoms with Crippen LogP contribution in [0.5, 0.6) is 0 Å². The normalized spacial score (nSPS) is 12.0. The van der Waals surface area contributed by atoms with Crippen molar-refractivity contribution in [3.63, 3.8) is 0 Å². The number of thiophene rings is 1. The molecule has 146 valence electrons. The molecule has 4 aromatic rings. The number of rotatable bonds is 7. The maximum absolute atomic E-state index is 12.8. The van der Waals surface area contributed by atoms with E-state index >= 15 is 0 Å². The second-order valence-electron chi connectivity index (χ2n) is 6.05. The Morgan fingerprint density at radius 1 is 1.21 bits per heavy atom. The molecule has 2 amide bonds. The first kappa shape index (κ1) is 18.9.